The summed E-state index contributed by atoms with van der Waals surface area (Å²) < 4.78 is 2.03. The highest BCUT2D eigenvalue weighted by atomic mass is 15.3. The molecule has 0 aliphatic heterocycles. The van der Waals surface area contributed by atoms with Crippen molar-refractivity contribution in [2.24, 2.45) is 0 Å². The van der Waals surface area contributed by atoms with Crippen LogP contribution in [0, 0.1) is 11.3 Å². The first-order valence-corrected chi connectivity index (χ1v) is 6.24. The van der Waals surface area contributed by atoms with E-state index in [0.717, 1.165) is 31.5 Å². The van der Waals surface area contributed by atoms with Crippen molar-refractivity contribution in [2.75, 3.05) is 7.05 Å². The molecule has 0 fully saturated rings. The van der Waals surface area contributed by atoms with Gasteiger partial charge in [0.1, 0.15) is 5.54 Å². The minimum Gasteiger partial charge on any atom is -0.303 e. The normalized spacial score (nSPS) is 14.3. The molecule has 94 valence electrons. The number of hydrogen-bond donors (Lipinski definition) is 1. The quantitative estimate of drug-likeness (QED) is 0.818. The largest absolute Gasteiger partial charge is 0.303 e. The minimum absolute atomic E-state index is 0.469. The summed E-state index contributed by atoms with van der Waals surface area (Å²) in [4.78, 5) is 0. The molecule has 0 saturated heterocycles. The second kappa shape index (κ2) is 5.83. The van der Waals surface area contributed by atoms with Crippen molar-refractivity contribution >= 4 is 0 Å². The van der Waals surface area contributed by atoms with Crippen LogP contribution < -0.4 is 5.32 Å². The average Bonchev–Trinajstić information content (AvgIpc) is 2.78. The number of nitrogens with one attached hydrogen (secondary N) is 1. The van der Waals surface area contributed by atoms with Crippen LogP contribution in [0.3, 0.4) is 0 Å². The van der Waals surface area contributed by atoms with Gasteiger partial charge in [-0.25, -0.2) is 0 Å². The zero-order valence-electron chi connectivity index (χ0n) is 11.2. The maximum atomic E-state index is 9.10. The van der Waals surface area contributed by atoms with Gasteiger partial charge in [-0.05, 0) is 39.3 Å². The highest BCUT2D eigenvalue weighted by Crippen LogP contribution is 2.12. The smallest absolute Gasteiger partial charge is 0.105 e. The Kier molecular flexibility index (Phi) is 4.71. The van der Waals surface area contributed by atoms with Gasteiger partial charge in [-0.15, -0.1) is 0 Å². The second-order valence-electron chi connectivity index (χ2n) is 4.50. The molecule has 17 heavy (non-hydrogen) atoms. The molecule has 0 saturated carbocycles. The summed E-state index contributed by atoms with van der Waals surface area (Å²) in [5, 5.41) is 16.7. The van der Waals surface area contributed by atoms with Gasteiger partial charge in [0.05, 0.1) is 11.8 Å². The molecule has 1 N–H and O–H groups in total. The lowest BCUT2D eigenvalue weighted by Gasteiger charge is -2.20. The maximum absolute atomic E-state index is 9.10. The van der Waals surface area contributed by atoms with E-state index in [1.54, 1.807) is 0 Å². The highest BCUT2D eigenvalue weighted by Gasteiger charge is 2.21. The molecule has 0 radical (unpaired) electrons. The standard InChI is InChI=1S/C13H22N4/c1-5-11-9-12(6-2)17(16-11)8-7-13(3,10-14)15-4/h9,15H,5-8H2,1-4H3. The first kappa shape index (κ1) is 13.7. The number of hydrogen-bond acceptors (Lipinski definition) is 3. The third-order valence-electron chi connectivity index (χ3n) is 3.26. The predicted molar refractivity (Wildman–Crippen MR) is 68.7 cm³/mol. The summed E-state index contributed by atoms with van der Waals surface area (Å²) in [6, 6.07) is 4.46. The third-order valence-corrected chi connectivity index (χ3v) is 3.26. The fourth-order valence-electron chi connectivity index (χ4n) is 1.73. The molecule has 0 spiro atoms. The van der Waals surface area contributed by atoms with E-state index in [9.17, 15) is 0 Å². The zero-order chi connectivity index (χ0) is 12.9. The molecule has 1 aromatic heterocycles. The number of nitrogens with zero attached hydrogens (tertiary/aromatic N) is 3. The Hall–Kier alpha value is -1.34. The van der Waals surface area contributed by atoms with Crippen LogP contribution in [0.15, 0.2) is 6.07 Å². The van der Waals surface area contributed by atoms with Crippen molar-refractivity contribution < 1.29 is 0 Å². The Bertz CT molecular complexity index is 402. The monoisotopic (exact) mass is 234 g/mol. The molecule has 0 aromatic carbocycles. The Morgan fingerprint density at radius 1 is 1.47 bits per heavy atom. The van der Waals surface area contributed by atoms with E-state index in [1.807, 2.05) is 18.7 Å². The van der Waals surface area contributed by atoms with E-state index in [2.05, 4.69) is 36.4 Å². The van der Waals surface area contributed by atoms with Crippen LogP contribution in [0.2, 0.25) is 0 Å². The predicted octanol–water partition coefficient (Wildman–Crippen LogP) is 1.90. The molecule has 1 aromatic rings. The van der Waals surface area contributed by atoms with Crippen LogP contribution in [0.25, 0.3) is 0 Å². The first-order valence-electron chi connectivity index (χ1n) is 6.24. The number of aryl methyl sites for hydroxylation is 3. The van der Waals surface area contributed by atoms with Gasteiger partial charge in [0.15, 0.2) is 0 Å². The lowest BCUT2D eigenvalue weighted by molar-refractivity contribution is 0.403. The Morgan fingerprint density at radius 2 is 2.18 bits per heavy atom. The number of rotatable bonds is 6. The summed E-state index contributed by atoms with van der Waals surface area (Å²) in [6.45, 7) is 6.95. The lowest BCUT2D eigenvalue weighted by atomic mass is 10.0. The summed E-state index contributed by atoms with van der Waals surface area (Å²) in [5.74, 6) is 0. The van der Waals surface area contributed by atoms with E-state index >= 15 is 0 Å². The first-order chi connectivity index (χ1) is 8.08. The van der Waals surface area contributed by atoms with Crippen LogP contribution >= 0.6 is 0 Å². The van der Waals surface area contributed by atoms with Gasteiger partial charge in [-0.1, -0.05) is 13.8 Å². The summed E-state index contributed by atoms with van der Waals surface area (Å²) in [5.41, 5.74) is 1.91. The van der Waals surface area contributed by atoms with E-state index in [4.69, 9.17) is 5.26 Å². The molecule has 1 atom stereocenters. The summed E-state index contributed by atoms with van der Waals surface area (Å²) in [7, 11) is 1.82. The lowest BCUT2D eigenvalue weighted by Crippen LogP contribution is -2.39. The molecule has 0 bridgehead atoms. The van der Waals surface area contributed by atoms with Crippen molar-refractivity contribution in [3.63, 3.8) is 0 Å². The highest BCUT2D eigenvalue weighted by molar-refractivity contribution is 5.11. The second-order valence-corrected chi connectivity index (χ2v) is 4.50. The van der Waals surface area contributed by atoms with Crippen LogP contribution in [-0.4, -0.2) is 22.4 Å². The van der Waals surface area contributed by atoms with E-state index in [0.29, 0.717) is 0 Å². The molecule has 1 rings (SSSR count). The fraction of sp³-hybridized carbons (Fsp3) is 0.692. The molecule has 4 nitrogen and oxygen atoms in total. The minimum atomic E-state index is -0.469. The topological polar surface area (TPSA) is 53.6 Å². The molecule has 0 aliphatic rings. The van der Waals surface area contributed by atoms with E-state index in [1.165, 1.54) is 5.69 Å². The van der Waals surface area contributed by atoms with Crippen molar-refractivity contribution in [1.82, 2.24) is 15.1 Å². The zero-order valence-corrected chi connectivity index (χ0v) is 11.2. The molecule has 1 heterocycles. The van der Waals surface area contributed by atoms with Crippen LogP contribution in [0.5, 0.6) is 0 Å². The summed E-state index contributed by atoms with van der Waals surface area (Å²) >= 11 is 0. The molecular weight excluding hydrogens is 212 g/mol. The van der Waals surface area contributed by atoms with Crippen LogP contribution in [0.1, 0.15) is 38.6 Å². The van der Waals surface area contributed by atoms with Gasteiger partial charge in [0, 0.05) is 12.2 Å². The Balaban J connectivity index is 2.75. The van der Waals surface area contributed by atoms with Crippen molar-refractivity contribution in [2.45, 2.75) is 52.1 Å². The molecule has 0 amide bonds. The molecular formula is C13H22N4. The number of aromatic nitrogens is 2. The van der Waals surface area contributed by atoms with Gasteiger partial charge in [-0.2, -0.15) is 10.4 Å². The average molecular weight is 234 g/mol. The van der Waals surface area contributed by atoms with Gasteiger partial charge in [-0.3, -0.25) is 4.68 Å². The van der Waals surface area contributed by atoms with Crippen LogP contribution in [0.4, 0.5) is 0 Å². The Labute approximate surface area is 104 Å². The summed E-state index contributed by atoms with van der Waals surface area (Å²) in [6.07, 6.45) is 2.70. The molecule has 0 aliphatic carbocycles. The van der Waals surface area contributed by atoms with E-state index in [-0.39, 0.29) is 0 Å². The van der Waals surface area contributed by atoms with Crippen molar-refractivity contribution in [3.8, 4) is 6.07 Å². The fourth-order valence-corrected chi connectivity index (χ4v) is 1.73. The third kappa shape index (κ3) is 3.31. The van der Waals surface area contributed by atoms with Gasteiger partial charge < -0.3 is 5.32 Å². The van der Waals surface area contributed by atoms with E-state index < -0.39 is 5.54 Å². The van der Waals surface area contributed by atoms with Gasteiger partial charge in [0.2, 0.25) is 0 Å². The van der Waals surface area contributed by atoms with Crippen LogP contribution in [-0.2, 0) is 19.4 Å². The molecule has 1 unspecified atom stereocenters. The van der Waals surface area contributed by atoms with Crippen molar-refractivity contribution in [3.05, 3.63) is 17.5 Å². The van der Waals surface area contributed by atoms with Gasteiger partial charge in [0.25, 0.3) is 0 Å². The maximum Gasteiger partial charge on any atom is 0.105 e. The van der Waals surface area contributed by atoms with Crippen molar-refractivity contribution in [1.29, 1.82) is 5.26 Å². The SMILES string of the molecule is CCc1cc(CC)n(CCC(C)(C#N)NC)n1. The Morgan fingerprint density at radius 3 is 2.65 bits per heavy atom. The number of nitriles is 1. The molecule has 4 heteroatoms. The van der Waals surface area contributed by atoms with Gasteiger partial charge >= 0.3 is 0 Å².